The van der Waals surface area contributed by atoms with Crippen molar-refractivity contribution in [3.8, 4) is 11.5 Å². The van der Waals surface area contributed by atoms with Crippen molar-refractivity contribution in [2.24, 2.45) is 0 Å². The maximum atomic E-state index is 13.0. The largest absolute Gasteiger partial charge is 0.490 e. The highest BCUT2D eigenvalue weighted by atomic mass is 16.5. The number of nitrogens with zero attached hydrogens (tertiary/aromatic N) is 1. The molecule has 0 heterocycles. The molecular formula is C31H31N3O4. The van der Waals surface area contributed by atoms with Gasteiger partial charge in [0.15, 0.2) is 0 Å². The molecule has 0 saturated carbocycles. The minimum Gasteiger partial charge on any atom is -0.490 e. The predicted molar refractivity (Wildman–Crippen MR) is 151 cm³/mol. The minimum atomic E-state index is -0.203. The molecule has 0 radical (unpaired) electrons. The summed E-state index contributed by atoms with van der Waals surface area (Å²) in [5.41, 5.74) is 2.78. The highest BCUT2D eigenvalue weighted by molar-refractivity contribution is 6.06. The van der Waals surface area contributed by atoms with Crippen molar-refractivity contribution in [3.63, 3.8) is 0 Å². The van der Waals surface area contributed by atoms with Crippen molar-refractivity contribution in [1.82, 2.24) is 0 Å². The number of rotatable bonds is 12. The molecule has 0 atom stereocenters. The average molecular weight is 510 g/mol. The molecule has 2 amide bonds. The third-order valence-electron chi connectivity index (χ3n) is 5.70. The van der Waals surface area contributed by atoms with Crippen LogP contribution >= 0.6 is 0 Å². The summed E-state index contributed by atoms with van der Waals surface area (Å²) in [6.45, 7) is 3.41. The molecule has 0 aromatic heterocycles. The Bertz CT molecular complexity index is 1310. The van der Waals surface area contributed by atoms with Gasteiger partial charge < -0.3 is 25.0 Å². The molecule has 38 heavy (non-hydrogen) atoms. The second kappa shape index (κ2) is 13.5. The molecular weight excluding hydrogens is 478 g/mol. The first-order valence-electron chi connectivity index (χ1n) is 12.5. The Morgan fingerprint density at radius 3 is 2.03 bits per heavy atom. The Labute approximate surface area is 223 Å². The monoisotopic (exact) mass is 509 g/mol. The van der Waals surface area contributed by atoms with Crippen LogP contribution in [0.3, 0.4) is 0 Å². The maximum Gasteiger partial charge on any atom is 0.258 e. The first-order valence-corrected chi connectivity index (χ1v) is 12.5. The van der Waals surface area contributed by atoms with E-state index >= 15 is 0 Å². The second-order valence-corrected chi connectivity index (χ2v) is 8.40. The molecule has 7 nitrogen and oxygen atoms in total. The van der Waals surface area contributed by atoms with E-state index in [2.05, 4.69) is 10.6 Å². The van der Waals surface area contributed by atoms with Crippen LogP contribution in [0.4, 0.5) is 17.1 Å². The van der Waals surface area contributed by atoms with Crippen LogP contribution in [0.25, 0.3) is 0 Å². The lowest BCUT2D eigenvalue weighted by molar-refractivity contribution is -0.114. The highest BCUT2D eigenvalue weighted by Gasteiger charge is 2.16. The van der Waals surface area contributed by atoms with Crippen molar-refractivity contribution in [2.75, 3.05) is 41.8 Å². The van der Waals surface area contributed by atoms with Crippen molar-refractivity contribution in [1.29, 1.82) is 0 Å². The molecule has 0 bridgehead atoms. The number of ether oxygens (including phenoxy) is 2. The molecule has 194 valence electrons. The third kappa shape index (κ3) is 7.61. The van der Waals surface area contributed by atoms with Crippen LogP contribution in [0.15, 0.2) is 109 Å². The van der Waals surface area contributed by atoms with Gasteiger partial charge in [0, 0.05) is 35.2 Å². The third-order valence-corrected chi connectivity index (χ3v) is 5.70. The van der Waals surface area contributed by atoms with E-state index in [1.165, 1.54) is 0 Å². The van der Waals surface area contributed by atoms with Gasteiger partial charge >= 0.3 is 0 Å². The number of carbonyl (C=O) groups excluding carboxylic acids is 2. The summed E-state index contributed by atoms with van der Waals surface area (Å²) < 4.78 is 11.4. The summed E-state index contributed by atoms with van der Waals surface area (Å²) in [5, 5.41) is 5.96. The molecule has 0 fully saturated rings. The van der Waals surface area contributed by atoms with E-state index < -0.39 is 0 Å². The zero-order chi connectivity index (χ0) is 26.6. The van der Waals surface area contributed by atoms with Crippen molar-refractivity contribution >= 4 is 28.9 Å². The Morgan fingerprint density at radius 1 is 0.711 bits per heavy atom. The summed E-state index contributed by atoms with van der Waals surface area (Å²) in [6, 6.07) is 33.5. The van der Waals surface area contributed by atoms with Crippen molar-refractivity contribution in [2.45, 2.75) is 6.92 Å². The number of nitrogens with one attached hydrogen (secondary N) is 2. The molecule has 2 N–H and O–H groups in total. The SMILES string of the molecule is CCN(C(=O)c1ccc(NC(=O)CNc2cccc(OCCOc3ccccc3)c2)cc1)c1ccccc1. The van der Waals surface area contributed by atoms with Gasteiger partial charge in [-0.2, -0.15) is 0 Å². The number of benzene rings is 4. The Morgan fingerprint density at radius 2 is 1.34 bits per heavy atom. The number of amides is 2. The molecule has 0 aliphatic rings. The summed E-state index contributed by atoms with van der Waals surface area (Å²) in [7, 11) is 0. The van der Waals surface area contributed by atoms with Gasteiger partial charge in [0.1, 0.15) is 24.7 Å². The molecule has 4 aromatic carbocycles. The molecule has 4 rings (SSSR count). The van der Waals surface area contributed by atoms with Crippen molar-refractivity contribution in [3.05, 3.63) is 115 Å². The topological polar surface area (TPSA) is 79.9 Å². The molecule has 7 heteroatoms. The molecule has 0 saturated heterocycles. The predicted octanol–water partition coefficient (Wildman–Crippen LogP) is 5.86. The number of hydrogen-bond donors (Lipinski definition) is 2. The smallest absolute Gasteiger partial charge is 0.258 e. The minimum absolute atomic E-state index is 0.0822. The maximum absolute atomic E-state index is 13.0. The summed E-state index contributed by atoms with van der Waals surface area (Å²) in [4.78, 5) is 27.1. The van der Waals surface area contributed by atoms with Crippen LogP contribution in [-0.4, -0.2) is 38.1 Å². The fourth-order valence-electron chi connectivity index (χ4n) is 3.82. The molecule has 4 aromatic rings. The zero-order valence-corrected chi connectivity index (χ0v) is 21.3. The first-order chi connectivity index (χ1) is 18.6. The van der Waals surface area contributed by atoms with Crippen LogP contribution in [0.5, 0.6) is 11.5 Å². The highest BCUT2D eigenvalue weighted by Crippen LogP contribution is 2.19. The number of hydrogen-bond acceptors (Lipinski definition) is 5. The number of anilines is 3. The van der Waals surface area contributed by atoms with Gasteiger partial charge in [-0.15, -0.1) is 0 Å². The summed E-state index contributed by atoms with van der Waals surface area (Å²) in [6.07, 6.45) is 0. The Kier molecular flexibility index (Phi) is 9.34. The van der Waals surface area contributed by atoms with Gasteiger partial charge in [0.2, 0.25) is 5.91 Å². The summed E-state index contributed by atoms with van der Waals surface area (Å²) in [5.74, 6) is 1.19. The van der Waals surface area contributed by atoms with Gasteiger partial charge in [-0.1, -0.05) is 42.5 Å². The van der Waals surface area contributed by atoms with Crippen LogP contribution in [0.2, 0.25) is 0 Å². The van der Waals surface area contributed by atoms with E-state index in [0.29, 0.717) is 36.8 Å². The number of para-hydroxylation sites is 2. The van der Waals surface area contributed by atoms with E-state index in [4.69, 9.17) is 9.47 Å². The normalized spacial score (nSPS) is 10.3. The standard InChI is InChI=1S/C31H31N3O4/c1-2-34(27-11-5-3-6-12-27)31(36)24-16-18-25(19-17-24)33-30(35)23-32-26-10-9-15-29(22-26)38-21-20-37-28-13-7-4-8-14-28/h3-19,22,32H,2,20-21,23H2,1H3,(H,33,35). The quantitative estimate of drug-likeness (QED) is 0.234. The van der Waals surface area contributed by atoms with E-state index in [0.717, 1.165) is 17.1 Å². The zero-order valence-electron chi connectivity index (χ0n) is 21.3. The van der Waals surface area contributed by atoms with Gasteiger partial charge in [-0.05, 0) is 67.6 Å². The lowest BCUT2D eigenvalue weighted by Gasteiger charge is -2.21. The second-order valence-electron chi connectivity index (χ2n) is 8.40. The lowest BCUT2D eigenvalue weighted by Crippen LogP contribution is -2.30. The number of carbonyl (C=O) groups is 2. The van der Waals surface area contributed by atoms with E-state index in [1.54, 1.807) is 29.2 Å². The fourth-order valence-corrected chi connectivity index (χ4v) is 3.82. The first kappa shape index (κ1) is 26.3. The van der Waals surface area contributed by atoms with Crippen LogP contribution in [0, 0.1) is 0 Å². The van der Waals surface area contributed by atoms with Gasteiger partial charge in [0.05, 0.1) is 6.54 Å². The lowest BCUT2D eigenvalue weighted by atomic mass is 10.1. The van der Waals surface area contributed by atoms with Crippen LogP contribution in [0.1, 0.15) is 17.3 Å². The van der Waals surface area contributed by atoms with Crippen LogP contribution < -0.4 is 25.0 Å². The molecule has 0 unspecified atom stereocenters. The average Bonchev–Trinajstić information content (AvgIpc) is 2.96. The Hall–Kier alpha value is -4.78. The van der Waals surface area contributed by atoms with Gasteiger partial charge in [-0.25, -0.2) is 0 Å². The molecule has 0 aliphatic carbocycles. The van der Waals surface area contributed by atoms with E-state index in [9.17, 15) is 9.59 Å². The van der Waals surface area contributed by atoms with Crippen LogP contribution in [-0.2, 0) is 4.79 Å². The summed E-state index contributed by atoms with van der Waals surface area (Å²) >= 11 is 0. The van der Waals surface area contributed by atoms with Crippen molar-refractivity contribution < 1.29 is 19.1 Å². The molecule has 0 aliphatic heterocycles. The van der Waals surface area contributed by atoms with E-state index in [1.807, 2.05) is 91.9 Å². The van der Waals surface area contributed by atoms with Gasteiger partial charge in [0.25, 0.3) is 5.91 Å². The fraction of sp³-hybridized carbons (Fsp3) is 0.161. The molecule has 0 spiro atoms. The Balaban J connectivity index is 1.23. The van der Waals surface area contributed by atoms with E-state index in [-0.39, 0.29) is 18.4 Å². The van der Waals surface area contributed by atoms with Gasteiger partial charge in [-0.3, -0.25) is 9.59 Å².